The van der Waals surface area contributed by atoms with Crippen LogP contribution in [0.3, 0.4) is 0 Å². The Labute approximate surface area is 60.4 Å². The number of hydrogen-bond donors (Lipinski definition) is 2. The average molecular weight is 143 g/mol. The summed E-state index contributed by atoms with van der Waals surface area (Å²) in [6, 6.07) is 0. The standard InChI is InChI=1S/C7H13NO2/c1-2-6(9)7(10)3-4-8-5-7/h8,10H,2-5H2,1H3. The van der Waals surface area contributed by atoms with Crippen LogP contribution in [0, 0.1) is 0 Å². The molecule has 1 rings (SSSR count). The zero-order valence-corrected chi connectivity index (χ0v) is 6.18. The molecule has 1 fully saturated rings. The van der Waals surface area contributed by atoms with Gasteiger partial charge in [0.1, 0.15) is 5.60 Å². The van der Waals surface area contributed by atoms with Gasteiger partial charge in [-0.05, 0) is 13.0 Å². The number of hydrogen-bond acceptors (Lipinski definition) is 3. The molecule has 58 valence electrons. The number of rotatable bonds is 2. The molecule has 0 saturated carbocycles. The molecule has 1 unspecified atom stereocenters. The van der Waals surface area contributed by atoms with Gasteiger partial charge >= 0.3 is 0 Å². The SMILES string of the molecule is CCC(=O)C1(O)CCNC1. The Bertz CT molecular complexity index is 139. The van der Waals surface area contributed by atoms with E-state index in [9.17, 15) is 9.90 Å². The molecule has 0 amide bonds. The Kier molecular flexibility index (Phi) is 2.06. The lowest BCUT2D eigenvalue weighted by Crippen LogP contribution is -2.40. The van der Waals surface area contributed by atoms with E-state index in [-0.39, 0.29) is 5.78 Å². The van der Waals surface area contributed by atoms with Crippen LogP contribution in [0.25, 0.3) is 0 Å². The number of aliphatic hydroxyl groups is 1. The van der Waals surface area contributed by atoms with Crippen LogP contribution in [0.5, 0.6) is 0 Å². The van der Waals surface area contributed by atoms with Gasteiger partial charge in [-0.1, -0.05) is 6.92 Å². The Morgan fingerprint density at radius 3 is 2.90 bits per heavy atom. The van der Waals surface area contributed by atoms with E-state index in [4.69, 9.17) is 0 Å². The second-order valence-electron chi connectivity index (χ2n) is 2.74. The predicted octanol–water partition coefficient (Wildman–Crippen LogP) is -0.310. The van der Waals surface area contributed by atoms with Crippen molar-refractivity contribution < 1.29 is 9.90 Å². The van der Waals surface area contributed by atoms with Crippen LogP contribution in [-0.4, -0.2) is 29.6 Å². The predicted molar refractivity (Wildman–Crippen MR) is 37.7 cm³/mol. The summed E-state index contributed by atoms with van der Waals surface area (Å²) in [7, 11) is 0. The molecular formula is C7H13NO2. The van der Waals surface area contributed by atoms with Gasteiger partial charge in [-0.15, -0.1) is 0 Å². The fourth-order valence-corrected chi connectivity index (χ4v) is 1.25. The van der Waals surface area contributed by atoms with Crippen LogP contribution >= 0.6 is 0 Å². The normalized spacial score (nSPS) is 32.6. The lowest BCUT2D eigenvalue weighted by molar-refractivity contribution is -0.135. The second-order valence-corrected chi connectivity index (χ2v) is 2.74. The summed E-state index contributed by atoms with van der Waals surface area (Å²) in [6.45, 7) is 2.96. The summed E-state index contributed by atoms with van der Waals surface area (Å²) in [6.07, 6.45) is 0.998. The summed E-state index contributed by atoms with van der Waals surface area (Å²) in [4.78, 5) is 11.0. The van der Waals surface area contributed by atoms with Crippen LogP contribution < -0.4 is 5.32 Å². The molecule has 0 aliphatic carbocycles. The van der Waals surface area contributed by atoms with E-state index in [1.165, 1.54) is 0 Å². The molecule has 3 nitrogen and oxygen atoms in total. The molecule has 0 aromatic heterocycles. The maximum atomic E-state index is 11.0. The summed E-state index contributed by atoms with van der Waals surface area (Å²) in [5, 5.41) is 12.5. The highest BCUT2D eigenvalue weighted by atomic mass is 16.3. The number of carbonyl (C=O) groups is 1. The number of carbonyl (C=O) groups excluding carboxylic acids is 1. The highest BCUT2D eigenvalue weighted by Crippen LogP contribution is 2.16. The minimum Gasteiger partial charge on any atom is -0.381 e. The van der Waals surface area contributed by atoms with Crippen molar-refractivity contribution in [3.05, 3.63) is 0 Å². The van der Waals surface area contributed by atoms with E-state index >= 15 is 0 Å². The van der Waals surface area contributed by atoms with Crippen molar-refractivity contribution in [3.8, 4) is 0 Å². The first kappa shape index (κ1) is 7.69. The lowest BCUT2D eigenvalue weighted by atomic mass is 9.96. The van der Waals surface area contributed by atoms with Gasteiger partial charge in [-0.3, -0.25) is 4.79 Å². The topological polar surface area (TPSA) is 49.3 Å². The molecule has 1 heterocycles. The molecule has 0 radical (unpaired) electrons. The average Bonchev–Trinajstić information content (AvgIpc) is 2.36. The second kappa shape index (κ2) is 2.68. The summed E-state index contributed by atoms with van der Waals surface area (Å²) >= 11 is 0. The van der Waals surface area contributed by atoms with Crippen LogP contribution in [-0.2, 0) is 4.79 Å². The van der Waals surface area contributed by atoms with Gasteiger partial charge in [0, 0.05) is 13.0 Å². The van der Waals surface area contributed by atoms with Crippen molar-refractivity contribution in [1.29, 1.82) is 0 Å². The fraction of sp³-hybridized carbons (Fsp3) is 0.857. The zero-order valence-electron chi connectivity index (χ0n) is 6.18. The van der Waals surface area contributed by atoms with Crippen LogP contribution in [0.4, 0.5) is 0 Å². The molecule has 1 aliphatic heterocycles. The van der Waals surface area contributed by atoms with Crippen molar-refractivity contribution in [2.24, 2.45) is 0 Å². The lowest BCUT2D eigenvalue weighted by Gasteiger charge is -2.17. The van der Waals surface area contributed by atoms with Crippen molar-refractivity contribution in [1.82, 2.24) is 5.32 Å². The van der Waals surface area contributed by atoms with Crippen molar-refractivity contribution in [3.63, 3.8) is 0 Å². The molecule has 3 heteroatoms. The largest absolute Gasteiger partial charge is 0.381 e. The van der Waals surface area contributed by atoms with E-state index in [1.54, 1.807) is 6.92 Å². The van der Waals surface area contributed by atoms with Gasteiger partial charge in [0.25, 0.3) is 0 Å². The number of β-amino-alcohol motifs (C(OH)–C–C–N with tert-alkyl or cyclic N) is 1. The van der Waals surface area contributed by atoms with E-state index in [0.29, 0.717) is 19.4 Å². The molecule has 1 saturated heterocycles. The van der Waals surface area contributed by atoms with Crippen molar-refractivity contribution in [2.45, 2.75) is 25.4 Å². The first-order valence-electron chi connectivity index (χ1n) is 3.65. The van der Waals surface area contributed by atoms with Gasteiger partial charge in [-0.25, -0.2) is 0 Å². The Morgan fingerprint density at radius 2 is 2.50 bits per heavy atom. The first-order valence-corrected chi connectivity index (χ1v) is 3.65. The maximum absolute atomic E-state index is 11.0. The minimum atomic E-state index is -1.05. The van der Waals surface area contributed by atoms with E-state index in [1.807, 2.05) is 0 Å². The summed E-state index contributed by atoms with van der Waals surface area (Å²) in [5.41, 5.74) is -1.05. The Hall–Kier alpha value is -0.410. The van der Waals surface area contributed by atoms with Gasteiger partial charge in [0.05, 0.1) is 0 Å². The Balaban J connectivity index is 2.58. The van der Waals surface area contributed by atoms with Crippen molar-refractivity contribution in [2.75, 3.05) is 13.1 Å². The number of Topliss-reactive ketones (excluding diaryl/α,β-unsaturated/α-hetero) is 1. The Morgan fingerprint density at radius 1 is 1.80 bits per heavy atom. The zero-order chi connectivity index (χ0) is 7.61. The summed E-state index contributed by atoms with van der Waals surface area (Å²) < 4.78 is 0. The third-order valence-electron chi connectivity index (χ3n) is 1.97. The van der Waals surface area contributed by atoms with Gasteiger partial charge < -0.3 is 10.4 Å². The molecule has 1 aliphatic rings. The molecule has 2 N–H and O–H groups in total. The van der Waals surface area contributed by atoms with E-state index < -0.39 is 5.60 Å². The quantitative estimate of drug-likeness (QED) is 0.557. The molecule has 1 atom stereocenters. The van der Waals surface area contributed by atoms with Crippen LogP contribution in [0.2, 0.25) is 0 Å². The maximum Gasteiger partial charge on any atom is 0.165 e. The van der Waals surface area contributed by atoms with E-state index in [0.717, 1.165) is 6.54 Å². The highest BCUT2D eigenvalue weighted by molar-refractivity contribution is 5.87. The molecule has 0 aromatic carbocycles. The smallest absolute Gasteiger partial charge is 0.165 e. The molecule has 0 spiro atoms. The minimum absolute atomic E-state index is 0.0440. The van der Waals surface area contributed by atoms with Gasteiger partial charge in [0.15, 0.2) is 5.78 Å². The van der Waals surface area contributed by atoms with Gasteiger partial charge in [-0.2, -0.15) is 0 Å². The fourth-order valence-electron chi connectivity index (χ4n) is 1.25. The third kappa shape index (κ3) is 1.20. The van der Waals surface area contributed by atoms with Gasteiger partial charge in [0.2, 0.25) is 0 Å². The third-order valence-corrected chi connectivity index (χ3v) is 1.97. The molecule has 0 bridgehead atoms. The van der Waals surface area contributed by atoms with Crippen LogP contribution in [0.15, 0.2) is 0 Å². The number of nitrogens with one attached hydrogen (secondary N) is 1. The molecular weight excluding hydrogens is 130 g/mol. The highest BCUT2D eigenvalue weighted by Gasteiger charge is 2.36. The van der Waals surface area contributed by atoms with Crippen molar-refractivity contribution >= 4 is 5.78 Å². The molecule has 0 aromatic rings. The number of ketones is 1. The molecule has 10 heavy (non-hydrogen) atoms. The van der Waals surface area contributed by atoms with E-state index in [2.05, 4.69) is 5.32 Å². The van der Waals surface area contributed by atoms with Crippen LogP contribution in [0.1, 0.15) is 19.8 Å². The first-order chi connectivity index (χ1) is 4.69. The summed E-state index contributed by atoms with van der Waals surface area (Å²) in [5.74, 6) is -0.0440. The monoisotopic (exact) mass is 143 g/mol.